The number of carbonyl (C=O) groups is 1. The van der Waals surface area contributed by atoms with Gasteiger partial charge in [-0.1, -0.05) is 30.3 Å². The lowest BCUT2D eigenvalue weighted by atomic mass is 10.2. The van der Waals surface area contributed by atoms with Gasteiger partial charge in [-0.15, -0.1) is 0 Å². The molecule has 2 rings (SSSR count). The van der Waals surface area contributed by atoms with E-state index in [9.17, 15) is 9.59 Å². The number of pyridine rings is 1. The minimum Gasteiger partial charge on any atom is -0.355 e. The van der Waals surface area contributed by atoms with Gasteiger partial charge in [-0.3, -0.25) is 9.59 Å². The van der Waals surface area contributed by atoms with E-state index in [4.69, 9.17) is 0 Å². The van der Waals surface area contributed by atoms with Gasteiger partial charge in [0.1, 0.15) is 5.56 Å². The van der Waals surface area contributed by atoms with Crippen molar-refractivity contribution in [1.82, 2.24) is 9.88 Å². The second kappa shape index (κ2) is 5.31. The van der Waals surface area contributed by atoms with Crippen LogP contribution in [0, 0.1) is 0 Å². The van der Waals surface area contributed by atoms with Gasteiger partial charge in [-0.2, -0.15) is 0 Å². The Hall–Kier alpha value is -2.36. The third-order valence-corrected chi connectivity index (χ3v) is 2.69. The Labute approximate surface area is 105 Å². The van der Waals surface area contributed by atoms with Crippen LogP contribution in [0.25, 0.3) is 0 Å². The van der Waals surface area contributed by atoms with Crippen molar-refractivity contribution < 1.29 is 4.79 Å². The smallest absolute Gasteiger partial charge is 0.263 e. The Balaban J connectivity index is 2.35. The maximum atomic E-state index is 12.1. The molecule has 1 N–H and O–H groups in total. The number of hydrogen-bond acceptors (Lipinski definition) is 2. The van der Waals surface area contributed by atoms with Crippen LogP contribution in [0.5, 0.6) is 0 Å². The van der Waals surface area contributed by atoms with E-state index in [1.165, 1.54) is 17.7 Å². The van der Waals surface area contributed by atoms with Crippen molar-refractivity contribution in [3.8, 4) is 0 Å². The second-order valence-corrected chi connectivity index (χ2v) is 3.92. The molecule has 0 fully saturated rings. The van der Waals surface area contributed by atoms with Gasteiger partial charge in [-0.25, -0.2) is 0 Å². The van der Waals surface area contributed by atoms with Gasteiger partial charge in [0.15, 0.2) is 0 Å². The van der Waals surface area contributed by atoms with E-state index in [1.807, 2.05) is 30.3 Å². The third-order valence-electron chi connectivity index (χ3n) is 2.69. The summed E-state index contributed by atoms with van der Waals surface area (Å²) in [5, 5.41) is 2.46. The molecule has 1 aromatic heterocycles. The summed E-state index contributed by atoms with van der Waals surface area (Å²) in [6.45, 7) is 0.463. The van der Waals surface area contributed by atoms with E-state index >= 15 is 0 Å². The number of amides is 1. The fraction of sp³-hybridized carbons (Fsp3) is 0.143. The molecule has 18 heavy (non-hydrogen) atoms. The Kier molecular flexibility index (Phi) is 3.57. The van der Waals surface area contributed by atoms with E-state index in [0.717, 1.165) is 5.56 Å². The van der Waals surface area contributed by atoms with E-state index in [1.54, 1.807) is 12.3 Å². The summed E-state index contributed by atoms with van der Waals surface area (Å²) in [5.41, 5.74) is 0.908. The summed E-state index contributed by atoms with van der Waals surface area (Å²) in [7, 11) is 1.51. The molecule has 0 radical (unpaired) electrons. The molecule has 0 saturated heterocycles. The highest BCUT2D eigenvalue weighted by Crippen LogP contribution is 2.01. The molecule has 0 aliphatic carbocycles. The molecule has 0 spiro atoms. The van der Waals surface area contributed by atoms with Crippen LogP contribution >= 0.6 is 0 Å². The van der Waals surface area contributed by atoms with Gasteiger partial charge in [0.2, 0.25) is 0 Å². The maximum Gasteiger partial charge on any atom is 0.263 e. The molecule has 0 aliphatic rings. The molecular weight excluding hydrogens is 228 g/mol. The minimum absolute atomic E-state index is 0.163. The van der Waals surface area contributed by atoms with Crippen molar-refractivity contribution in [1.29, 1.82) is 0 Å². The Morgan fingerprint density at radius 3 is 2.56 bits per heavy atom. The van der Waals surface area contributed by atoms with E-state index in [0.29, 0.717) is 6.54 Å². The number of hydrogen-bond donors (Lipinski definition) is 1. The molecule has 1 heterocycles. The van der Waals surface area contributed by atoms with Gasteiger partial charge in [0, 0.05) is 13.2 Å². The zero-order chi connectivity index (χ0) is 13.0. The van der Waals surface area contributed by atoms with Crippen LogP contribution in [0.2, 0.25) is 0 Å². The van der Waals surface area contributed by atoms with Gasteiger partial charge >= 0.3 is 0 Å². The van der Waals surface area contributed by atoms with Crippen molar-refractivity contribution in [2.24, 2.45) is 0 Å². The molecule has 2 aromatic rings. The fourth-order valence-electron chi connectivity index (χ4n) is 1.75. The van der Waals surface area contributed by atoms with Crippen molar-refractivity contribution in [2.45, 2.75) is 6.54 Å². The lowest BCUT2D eigenvalue weighted by Crippen LogP contribution is -2.31. The first kappa shape index (κ1) is 12.1. The predicted octanol–water partition coefficient (Wildman–Crippen LogP) is 1.26. The van der Waals surface area contributed by atoms with Crippen LogP contribution in [-0.4, -0.2) is 17.5 Å². The molecule has 0 aliphatic heterocycles. The summed E-state index contributed by atoms with van der Waals surface area (Å²) in [6.07, 6.45) is 1.68. The molecule has 0 saturated carbocycles. The van der Waals surface area contributed by atoms with Crippen molar-refractivity contribution in [3.05, 3.63) is 70.1 Å². The van der Waals surface area contributed by atoms with E-state index in [-0.39, 0.29) is 17.0 Å². The Bertz CT molecular complexity index is 603. The molecule has 0 bridgehead atoms. The lowest BCUT2D eigenvalue weighted by Gasteiger charge is -2.07. The first-order valence-electron chi connectivity index (χ1n) is 5.68. The van der Waals surface area contributed by atoms with Crippen molar-refractivity contribution in [2.75, 3.05) is 7.05 Å². The molecule has 0 unspecified atom stereocenters. The number of carbonyl (C=O) groups excluding carboxylic acids is 1. The molecule has 0 atom stereocenters. The molecule has 1 aromatic carbocycles. The first-order chi connectivity index (χ1) is 8.72. The molecule has 4 nitrogen and oxygen atoms in total. The highest BCUT2D eigenvalue weighted by atomic mass is 16.2. The monoisotopic (exact) mass is 242 g/mol. The Morgan fingerprint density at radius 2 is 1.89 bits per heavy atom. The number of rotatable bonds is 3. The maximum absolute atomic E-state index is 12.1. The van der Waals surface area contributed by atoms with Crippen LogP contribution < -0.4 is 10.9 Å². The topological polar surface area (TPSA) is 51.1 Å². The minimum atomic E-state index is -0.359. The highest BCUT2D eigenvalue weighted by Gasteiger charge is 2.09. The predicted molar refractivity (Wildman–Crippen MR) is 69.6 cm³/mol. The van der Waals surface area contributed by atoms with Crippen LogP contribution in [0.4, 0.5) is 0 Å². The van der Waals surface area contributed by atoms with Crippen molar-refractivity contribution >= 4 is 5.91 Å². The van der Waals surface area contributed by atoms with Crippen LogP contribution in [0.1, 0.15) is 15.9 Å². The summed E-state index contributed by atoms with van der Waals surface area (Å²) < 4.78 is 1.53. The highest BCUT2D eigenvalue weighted by molar-refractivity contribution is 5.93. The fourth-order valence-corrected chi connectivity index (χ4v) is 1.75. The molecule has 1 amide bonds. The summed E-state index contributed by atoms with van der Waals surface area (Å²) in [5.74, 6) is -0.359. The Morgan fingerprint density at radius 1 is 1.17 bits per heavy atom. The van der Waals surface area contributed by atoms with E-state index in [2.05, 4.69) is 5.32 Å². The average Bonchev–Trinajstić information content (AvgIpc) is 2.41. The standard InChI is InChI=1S/C14H14N2O2/c1-15-13(17)12-8-5-9-16(14(12)18)10-11-6-3-2-4-7-11/h2-9H,10H2,1H3,(H,15,17). The number of aromatic nitrogens is 1. The van der Waals surface area contributed by atoms with Gasteiger partial charge in [0.25, 0.3) is 11.5 Å². The summed E-state index contributed by atoms with van der Waals surface area (Å²) >= 11 is 0. The molecule has 92 valence electrons. The first-order valence-corrected chi connectivity index (χ1v) is 5.68. The van der Waals surface area contributed by atoms with Crippen molar-refractivity contribution in [3.63, 3.8) is 0 Å². The van der Waals surface area contributed by atoms with Gasteiger partial charge in [-0.05, 0) is 17.7 Å². The number of nitrogens with zero attached hydrogens (tertiary/aromatic N) is 1. The summed E-state index contributed by atoms with van der Waals surface area (Å²) in [6, 6.07) is 12.9. The van der Waals surface area contributed by atoms with Crippen LogP contribution in [0.15, 0.2) is 53.5 Å². The largest absolute Gasteiger partial charge is 0.355 e. The zero-order valence-electron chi connectivity index (χ0n) is 10.1. The number of benzene rings is 1. The third kappa shape index (κ3) is 2.48. The molecular formula is C14H14N2O2. The van der Waals surface area contributed by atoms with Gasteiger partial charge in [0.05, 0.1) is 6.54 Å². The summed E-state index contributed by atoms with van der Waals surface area (Å²) in [4.78, 5) is 23.6. The van der Waals surface area contributed by atoms with Crippen LogP contribution in [0.3, 0.4) is 0 Å². The van der Waals surface area contributed by atoms with E-state index < -0.39 is 0 Å². The SMILES string of the molecule is CNC(=O)c1cccn(Cc2ccccc2)c1=O. The quantitative estimate of drug-likeness (QED) is 0.880. The lowest BCUT2D eigenvalue weighted by molar-refractivity contribution is 0.0961. The molecule has 4 heteroatoms. The number of nitrogens with one attached hydrogen (secondary N) is 1. The van der Waals surface area contributed by atoms with Crippen LogP contribution in [-0.2, 0) is 6.54 Å². The zero-order valence-corrected chi connectivity index (χ0v) is 10.1. The second-order valence-electron chi connectivity index (χ2n) is 3.92. The average molecular weight is 242 g/mol. The van der Waals surface area contributed by atoms with Gasteiger partial charge < -0.3 is 9.88 Å². The normalized spacial score (nSPS) is 10.1.